The first kappa shape index (κ1) is 15.7. The predicted molar refractivity (Wildman–Crippen MR) is 81.0 cm³/mol. The largest absolute Gasteiger partial charge is 0.300 e. The molecule has 0 spiro atoms. The van der Waals surface area contributed by atoms with Gasteiger partial charge in [0.25, 0.3) is 0 Å². The van der Waals surface area contributed by atoms with Gasteiger partial charge in [-0.2, -0.15) is 4.31 Å². The topological polar surface area (TPSA) is 54.5 Å². The minimum Gasteiger partial charge on any atom is -0.300 e. The van der Waals surface area contributed by atoms with Gasteiger partial charge < -0.3 is 0 Å². The van der Waals surface area contributed by atoms with Gasteiger partial charge in [-0.05, 0) is 44.0 Å². The van der Waals surface area contributed by atoms with Crippen LogP contribution in [0.25, 0.3) is 0 Å². The lowest BCUT2D eigenvalue weighted by molar-refractivity contribution is -0.118. The van der Waals surface area contributed by atoms with Gasteiger partial charge in [0.15, 0.2) is 0 Å². The van der Waals surface area contributed by atoms with E-state index in [0.29, 0.717) is 13.0 Å². The van der Waals surface area contributed by atoms with E-state index in [1.807, 2.05) is 0 Å². The number of carbonyl (C=O) groups excluding carboxylic acids is 1. The van der Waals surface area contributed by atoms with Gasteiger partial charge in [0.2, 0.25) is 10.0 Å². The summed E-state index contributed by atoms with van der Waals surface area (Å²) in [5.74, 6) is 0.0351. The van der Waals surface area contributed by atoms with Gasteiger partial charge in [-0.1, -0.05) is 22.4 Å². The van der Waals surface area contributed by atoms with E-state index in [1.165, 1.54) is 11.2 Å². The first-order valence-corrected chi connectivity index (χ1v) is 8.91. The van der Waals surface area contributed by atoms with Crippen LogP contribution < -0.4 is 0 Å². The van der Waals surface area contributed by atoms with E-state index < -0.39 is 10.0 Å². The lowest BCUT2D eigenvalue weighted by Gasteiger charge is -2.34. The maximum Gasteiger partial charge on any atom is 0.243 e. The monoisotopic (exact) mass is 359 g/mol. The maximum atomic E-state index is 12.7. The highest BCUT2D eigenvalue weighted by atomic mass is 79.9. The normalized spacial score (nSPS) is 20.8. The summed E-state index contributed by atoms with van der Waals surface area (Å²) >= 11 is 3.30. The van der Waals surface area contributed by atoms with E-state index in [9.17, 15) is 13.2 Å². The molecular formula is C14H18BrNO3S. The molecule has 0 bridgehead atoms. The zero-order valence-electron chi connectivity index (χ0n) is 11.4. The summed E-state index contributed by atoms with van der Waals surface area (Å²) in [6.07, 6.45) is 2.89. The maximum absolute atomic E-state index is 12.7. The lowest BCUT2D eigenvalue weighted by Crippen LogP contribution is -2.44. The second kappa shape index (κ2) is 6.37. The van der Waals surface area contributed by atoms with Gasteiger partial charge in [0.1, 0.15) is 5.78 Å². The Balaban J connectivity index is 2.30. The Bertz CT molecular complexity index is 583. The summed E-state index contributed by atoms with van der Waals surface area (Å²) in [7, 11) is -3.51. The van der Waals surface area contributed by atoms with Crippen molar-refractivity contribution in [3.05, 3.63) is 28.7 Å². The molecule has 0 amide bonds. The molecule has 2 rings (SSSR count). The molecule has 0 radical (unpaired) electrons. The van der Waals surface area contributed by atoms with Gasteiger partial charge in [-0.25, -0.2) is 8.42 Å². The summed E-state index contributed by atoms with van der Waals surface area (Å²) in [5.41, 5.74) is 0. The minimum atomic E-state index is -3.51. The zero-order chi connectivity index (χ0) is 14.8. The fourth-order valence-electron chi connectivity index (χ4n) is 2.57. The van der Waals surface area contributed by atoms with Gasteiger partial charge in [0.05, 0.1) is 4.90 Å². The van der Waals surface area contributed by atoms with Crippen LogP contribution in [0.15, 0.2) is 33.6 Å². The summed E-state index contributed by atoms with van der Waals surface area (Å²) in [6.45, 7) is 2.01. The molecule has 20 heavy (non-hydrogen) atoms. The Hall–Kier alpha value is -0.720. The number of ketones is 1. The summed E-state index contributed by atoms with van der Waals surface area (Å²) in [5, 5.41) is 0. The van der Waals surface area contributed by atoms with Crippen LogP contribution in [-0.4, -0.2) is 31.1 Å². The van der Waals surface area contributed by atoms with Crippen molar-refractivity contribution in [1.82, 2.24) is 4.31 Å². The number of hydrogen-bond acceptors (Lipinski definition) is 3. The van der Waals surface area contributed by atoms with Crippen molar-refractivity contribution >= 4 is 31.7 Å². The smallest absolute Gasteiger partial charge is 0.243 e. The molecule has 0 saturated carbocycles. The average molecular weight is 360 g/mol. The highest BCUT2D eigenvalue weighted by Gasteiger charge is 2.33. The van der Waals surface area contributed by atoms with E-state index >= 15 is 0 Å². The minimum absolute atomic E-state index is 0.0351. The van der Waals surface area contributed by atoms with Gasteiger partial charge >= 0.3 is 0 Å². The third-order valence-corrected chi connectivity index (χ3v) is 6.01. The molecular weight excluding hydrogens is 342 g/mol. The Labute approximate surface area is 128 Å². The van der Waals surface area contributed by atoms with Crippen molar-refractivity contribution in [1.29, 1.82) is 0 Å². The number of rotatable bonds is 4. The molecule has 1 aliphatic heterocycles. The van der Waals surface area contributed by atoms with Crippen molar-refractivity contribution in [3.63, 3.8) is 0 Å². The first-order valence-electron chi connectivity index (χ1n) is 6.68. The van der Waals surface area contributed by atoms with E-state index in [-0.39, 0.29) is 16.7 Å². The van der Waals surface area contributed by atoms with Gasteiger partial charge in [0, 0.05) is 23.5 Å². The Morgan fingerprint density at radius 1 is 1.30 bits per heavy atom. The Morgan fingerprint density at radius 2 is 1.95 bits per heavy atom. The molecule has 1 unspecified atom stereocenters. The number of carbonyl (C=O) groups is 1. The van der Waals surface area contributed by atoms with Crippen molar-refractivity contribution < 1.29 is 13.2 Å². The van der Waals surface area contributed by atoms with Crippen LogP contribution in [0.1, 0.15) is 32.6 Å². The molecule has 1 heterocycles. The van der Waals surface area contributed by atoms with Crippen molar-refractivity contribution in [2.75, 3.05) is 6.54 Å². The number of sulfonamides is 1. The first-order chi connectivity index (χ1) is 9.41. The average Bonchev–Trinajstić information content (AvgIpc) is 2.39. The highest BCUT2D eigenvalue weighted by molar-refractivity contribution is 9.10. The van der Waals surface area contributed by atoms with E-state index in [0.717, 1.165) is 23.7 Å². The van der Waals surface area contributed by atoms with Gasteiger partial charge in [-0.15, -0.1) is 0 Å². The third kappa shape index (κ3) is 3.48. The predicted octanol–water partition coefficient (Wildman–Crippen LogP) is 2.97. The van der Waals surface area contributed by atoms with Crippen LogP contribution in [0, 0.1) is 0 Å². The molecule has 110 valence electrons. The number of hydrogen-bond donors (Lipinski definition) is 0. The molecule has 1 fully saturated rings. The van der Waals surface area contributed by atoms with Crippen LogP contribution in [0.2, 0.25) is 0 Å². The van der Waals surface area contributed by atoms with Crippen molar-refractivity contribution in [3.8, 4) is 0 Å². The van der Waals surface area contributed by atoms with E-state index in [4.69, 9.17) is 0 Å². The molecule has 0 N–H and O–H groups in total. The number of nitrogens with zero attached hydrogens (tertiary/aromatic N) is 1. The number of halogens is 1. The molecule has 0 aromatic heterocycles. The Kier molecular flexibility index (Phi) is 4.99. The molecule has 1 atom stereocenters. The highest BCUT2D eigenvalue weighted by Crippen LogP contribution is 2.27. The lowest BCUT2D eigenvalue weighted by atomic mass is 10.0. The number of piperidine rings is 1. The quantitative estimate of drug-likeness (QED) is 0.830. The summed E-state index contributed by atoms with van der Waals surface area (Å²) in [4.78, 5) is 11.6. The molecule has 1 aromatic rings. The molecule has 4 nitrogen and oxygen atoms in total. The zero-order valence-corrected chi connectivity index (χ0v) is 13.8. The number of Topliss-reactive ketones (excluding diaryl/α,β-unsaturated/α-hetero) is 1. The van der Waals surface area contributed by atoms with E-state index in [2.05, 4.69) is 15.9 Å². The third-order valence-electron chi connectivity index (χ3n) is 3.52. The Morgan fingerprint density at radius 3 is 2.55 bits per heavy atom. The van der Waals surface area contributed by atoms with Crippen LogP contribution in [0.5, 0.6) is 0 Å². The fraction of sp³-hybridized carbons (Fsp3) is 0.500. The summed E-state index contributed by atoms with van der Waals surface area (Å²) < 4.78 is 27.7. The molecule has 1 aliphatic rings. The standard InChI is InChI=1S/C14H18BrNO3S/c1-11(17)10-13-4-2-3-9-16(13)20(18,19)14-7-5-12(15)6-8-14/h5-8,13H,2-4,9-10H2,1H3. The van der Waals surface area contributed by atoms with Crippen molar-refractivity contribution in [2.24, 2.45) is 0 Å². The SMILES string of the molecule is CC(=O)CC1CCCCN1S(=O)(=O)c1ccc(Br)cc1. The van der Waals surface area contributed by atoms with Gasteiger partial charge in [-0.3, -0.25) is 4.79 Å². The van der Waals surface area contributed by atoms with Crippen LogP contribution in [0.3, 0.4) is 0 Å². The molecule has 0 aliphatic carbocycles. The second-order valence-electron chi connectivity index (χ2n) is 5.13. The fourth-order valence-corrected chi connectivity index (χ4v) is 4.53. The van der Waals surface area contributed by atoms with Crippen LogP contribution in [0.4, 0.5) is 0 Å². The summed E-state index contributed by atoms with van der Waals surface area (Å²) in [6, 6.07) is 6.43. The second-order valence-corrected chi connectivity index (χ2v) is 7.93. The van der Waals surface area contributed by atoms with E-state index in [1.54, 1.807) is 24.3 Å². The van der Waals surface area contributed by atoms with Crippen LogP contribution in [-0.2, 0) is 14.8 Å². The molecule has 1 saturated heterocycles. The molecule has 6 heteroatoms. The van der Waals surface area contributed by atoms with Crippen molar-refractivity contribution in [2.45, 2.75) is 43.5 Å². The van der Waals surface area contributed by atoms with Crippen LogP contribution >= 0.6 is 15.9 Å². The number of benzene rings is 1. The molecule has 1 aromatic carbocycles.